The maximum Gasteiger partial charge on any atom is 0.159 e. The maximum absolute atomic E-state index is 11.0. The first kappa shape index (κ1) is 19.2. The Kier molecular flexibility index (Phi) is 14.9. The minimum atomic E-state index is 0.144. The normalized spacial score (nSPS) is 8.56. The van der Waals surface area contributed by atoms with Crippen LogP contribution in [0.25, 0.3) is 0 Å². The van der Waals surface area contributed by atoms with E-state index in [-0.39, 0.29) is 5.78 Å². The van der Waals surface area contributed by atoms with E-state index in [0.29, 0.717) is 0 Å². The number of hydrogen-bond acceptors (Lipinski definition) is 1. The number of rotatable bonds is 5. The van der Waals surface area contributed by atoms with E-state index in [1.807, 2.05) is 39.8 Å². The van der Waals surface area contributed by atoms with Crippen LogP contribution in [-0.4, -0.2) is 5.78 Å². The zero-order valence-corrected chi connectivity index (χ0v) is 13.0. The first-order valence-corrected chi connectivity index (χ1v) is 7.34. The summed E-state index contributed by atoms with van der Waals surface area (Å²) < 4.78 is 0. The molecule has 0 aromatic heterocycles. The van der Waals surface area contributed by atoms with Crippen molar-refractivity contribution in [2.24, 2.45) is 0 Å². The fraction of sp³-hybridized carbons (Fsp3) is 0.588. The molecule has 0 saturated carbocycles. The standard InChI is InChI=1S/C13H18O.2C2H6/c1-3-4-5-6-12-7-9-13(10-8-12)11(2)14;2*1-2/h7-10H,3-6H2,1-2H3;2*1-2H3. The third-order valence-electron chi connectivity index (χ3n) is 2.43. The molecule has 0 spiro atoms. The van der Waals surface area contributed by atoms with E-state index in [0.717, 1.165) is 12.0 Å². The highest BCUT2D eigenvalue weighted by Crippen LogP contribution is 2.09. The largest absolute Gasteiger partial charge is 0.295 e. The predicted molar refractivity (Wildman–Crippen MR) is 82.4 cm³/mol. The van der Waals surface area contributed by atoms with Crippen LogP contribution in [0.1, 0.15) is 76.7 Å². The molecule has 0 amide bonds. The second-order valence-electron chi connectivity index (χ2n) is 3.71. The van der Waals surface area contributed by atoms with E-state index >= 15 is 0 Å². The summed E-state index contributed by atoms with van der Waals surface area (Å²) in [5, 5.41) is 0. The van der Waals surface area contributed by atoms with E-state index in [2.05, 4.69) is 19.1 Å². The molecule has 0 atom stereocenters. The Labute approximate surface area is 114 Å². The summed E-state index contributed by atoms with van der Waals surface area (Å²) in [5.74, 6) is 0.144. The summed E-state index contributed by atoms with van der Waals surface area (Å²) in [6.45, 7) is 11.8. The van der Waals surface area contributed by atoms with Crippen LogP contribution >= 0.6 is 0 Å². The molecule has 0 radical (unpaired) electrons. The van der Waals surface area contributed by atoms with Crippen LogP contribution in [0.2, 0.25) is 0 Å². The van der Waals surface area contributed by atoms with Crippen LogP contribution in [0, 0.1) is 0 Å². The van der Waals surface area contributed by atoms with Gasteiger partial charge in [-0.05, 0) is 25.3 Å². The summed E-state index contributed by atoms with van der Waals surface area (Å²) in [6.07, 6.45) is 4.92. The van der Waals surface area contributed by atoms with Crippen molar-refractivity contribution in [2.75, 3.05) is 0 Å². The van der Waals surface area contributed by atoms with Crippen LogP contribution in [0.5, 0.6) is 0 Å². The monoisotopic (exact) mass is 250 g/mol. The third kappa shape index (κ3) is 8.98. The molecule has 0 heterocycles. The maximum atomic E-state index is 11.0. The van der Waals surface area contributed by atoms with Gasteiger partial charge in [-0.15, -0.1) is 0 Å². The Morgan fingerprint density at radius 1 is 0.944 bits per heavy atom. The smallest absolute Gasteiger partial charge is 0.159 e. The number of aryl methyl sites for hydroxylation is 1. The number of unbranched alkanes of at least 4 members (excludes halogenated alkanes) is 2. The molecule has 0 aliphatic heterocycles. The lowest BCUT2D eigenvalue weighted by atomic mass is 10.0. The van der Waals surface area contributed by atoms with Crippen LogP contribution in [0.3, 0.4) is 0 Å². The second kappa shape index (κ2) is 14.0. The van der Waals surface area contributed by atoms with Gasteiger partial charge in [0.25, 0.3) is 0 Å². The van der Waals surface area contributed by atoms with E-state index in [1.54, 1.807) is 6.92 Å². The van der Waals surface area contributed by atoms with Crippen molar-refractivity contribution < 1.29 is 4.79 Å². The number of carbonyl (C=O) groups is 1. The number of hydrogen-bond donors (Lipinski definition) is 0. The van der Waals surface area contributed by atoms with Gasteiger partial charge in [-0.1, -0.05) is 71.7 Å². The van der Waals surface area contributed by atoms with Crippen LogP contribution in [0.15, 0.2) is 24.3 Å². The Balaban J connectivity index is 0. The molecule has 18 heavy (non-hydrogen) atoms. The molecular formula is C17H30O. The number of carbonyl (C=O) groups excluding carboxylic acids is 1. The highest BCUT2D eigenvalue weighted by molar-refractivity contribution is 5.93. The van der Waals surface area contributed by atoms with Gasteiger partial charge in [0, 0.05) is 5.56 Å². The Morgan fingerprint density at radius 2 is 1.44 bits per heavy atom. The molecule has 0 N–H and O–H groups in total. The number of ketones is 1. The van der Waals surface area contributed by atoms with Crippen molar-refractivity contribution in [1.82, 2.24) is 0 Å². The molecule has 104 valence electrons. The molecule has 1 rings (SSSR count). The quantitative estimate of drug-likeness (QED) is 0.486. The summed E-state index contributed by atoms with van der Waals surface area (Å²) in [4.78, 5) is 11.0. The highest BCUT2D eigenvalue weighted by Gasteiger charge is 1.98. The molecule has 0 bridgehead atoms. The van der Waals surface area contributed by atoms with E-state index in [4.69, 9.17) is 0 Å². The highest BCUT2D eigenvalue weighted by atomic mass is 16.1. The van der Waals surface area contributed by atoms with Crippen molar-refractivity contribution in [2.45, 2.75) is 67.2 Å². The predicted octanol–water partition coefficient (Wildman–Crippen LogP) is 5.67. The summed E-state index contributed by atoms with van der Waals surface area (Å²) >= 11 is 0. The van der Waals surface area contributed by atoms with Crippen molar-refractivity contribution >= 4 is 5.78 Å². The lowest BCUT2D eigenvalue weighted by molar-refractivity contribution is 0.101. The Morgan fingerprint density at radius 3 is 1.83 bits per heavy atom. The zero-order valence-electron chi connectivity index (χ0n) is 13.0. The van der Waals surface area contributed by atoms with Gasteiger partial charge in [0.15, 0.2) is 5.78 Å². The van der Waals surface area contributed by atoms with Gasteiger partial charge in [-0.3, -0.25) is 4.79 Å². The Hall–Kier alpha value is -1.11. The summed E-state index contributed by atoms with van der Waals surface area (Å²) in [5.41, 5.74) is 2.15. The topological polar surface area (TPSA) is 17.1 Å². The first-order valence-electron chi connectivity index (χ1n) is 7.34. The fourth-order valence-electron chi connectivity index (χ4n) is 1.49. The molecular weight excluding hydrogens is 220 g/mol. The minimum absolute atomic E-state index is 0.144. The molecule has 0 unspecified atom stereocenters. The lowest BCUT2D eigenvalue weighted by Crippen LogP contribution is -1.92. The molecule has 0 aliphatic carbocycles. The van der Waals surface area contributed by atoms with Gasteiger partial charge < -0.3 is 0 Å². The number of Topliss-reactive ketones (excluding diaryl/α,β-unsaturated/α-hetero) is 1. The molecule has 1 aromatic carbocycles. The lowest BCUT2D eigenvalue weighted by Gasteiger charge is -2.01. The van der Waals surface area contributed by atoms with Crippen LogP contribution in [0.4, 0.5) is 0 Å². The first-order chi connectivity index (χ1) is 8.74. The van der Waals surface area contributed by atoms with E-state index in [9.17, 15) is 4.79 Å². The van der Waals surface area contributed by atoms with E-state index < -0.39 is 0 Å². The summed E-state index contributed by atoms with van der Waals surface area (Å²) in [7, 11) is 0. The van der Waals surface area contributed by atoms with Gasteiger partial charge in [0.05, 0.1) is 0 Å². The van der Waals surface area contributed by atoms with Crippen molar-refractivity contribution in [3.63, 3.8) is 0 Å². The molecule has 0 fully saturated rings. The third-order valence-corrected chi connectivity index (χ3v) is 2.43. The van der Waals surface area contributed by atoms with Crippen molar-refractivity contribution in [3.8, 4) is 0 Å². The van der Waals surface area contributed by atoms with Crippen LogP contribution < -0.4 is 0 Å². The zero-order chi connectivity index (χ0) is 14.4. The van der Waals surface area contributed by atoms with Gasteiger partial charge in [0.1, 0.15) is 0 Å². The SMILES string of the molecule is CC.CC.CCCCCc1ccc(C(C)=O)cc1. The Bertz CT molecular complexity index is 285. The van der Waals surface area contributed by atoms with Crippen molar-refractivity contribution in [3.05, 3.63) is 35.4 Å². The molecule has 1 nitrogen and oxygen atoms in total. The molecule has 1 heteroatoms. The molecule has 0 saturated heterocycles. The van der Waals surface area contributed by atoms with Gasteiger partial charge in [-0.25, -0.2) is 0 Å². The molecule has 1 aromatic rings. The fourth-order valence-corrected chi connectivity index (χ4v) is 1.49. The van der Waals surface area contributed by atoms with Crippen LogP contribution in [-0.2, 0) is 6.42 Å². The second-order valence-corrected chi connectivity index (χ2v) is 3.71. The van der Waals surface area contributed by atoms with Gasteiger partial charge in [0.2, 0.25) is 0 Å². The number of benzene rings is 1. The summed E-state index contributed by atoms with van der Waals surface area (Å²) in [6, 6.07) is 7.96. The average molecular weight is 250 g/mol. The van der Waals surface area contributed by atoms with Gasteiger partial charge >= 0.3 is 0 Å². The average Bonchev–Trinajstić information content (AvgIpc) is 2.44. The van der Waals surface area contributed by atoms with Crippen molar-refractivity contribution in [1.29, 1.82) is 0 Å². The van der Waals surface area contributed by atoms with Gasteiger partial charge in [-0.2, -0.15) is 0 Å². The molecule has 0 aliphatic rings. The van der Waals surface area contributed by atoms with E-state index in [1.165, 1.54) is 24.8 Å². The minimum Gasteiger partial charge on any atom is -0.295 e.